The molecule has 0 saturated carbocycles. The second kappa shape index (κ2) is 7.17. The van der Waals surface area contributed by atoms with E-state index in [2.05, 4.69) is 27.9 Å². The SMILES string of the molecule is CC(C)NCc1cc(F)c(Oc2cccc(I)c2)c(F)c1. The molecule has 2 aromatic carbocycles. The smallest absolute Gasteiger partial charge is 0.198 e. The Labute approximate surface area is 136 Å². The van der Waals surface area contributed by atoms with E-state index in [-0.39, 0.29) is 11.8 Å². The number of benzene rings is 2. The third-order valence-electron chi connectivity index (χ3n) is 2.79. The third kappa shape index (κ3) is 4.64. The highest BCUT2D eigenvalue weighted by molar-refractivity contribution is 14.1. The van der Waals surface area contributed by atoms with Crippen LogP contribution in [0.5, 0.6) is 11.5 Å². The molecule has 0 fully saturated rings. The second-order valence-electron chi connectivity index (χ2n) is 4.98. The van der Waals surface area contributed by atoms with Crippen LogP contribution in [0.1, 0.15) is 19.4 Å². The minimum atomic E-state index is -0.700. The Bertz CT molecular complexity index is 608. The predicted molar refractivity (Wildman–Crippen MR) is 87.6 cm³/mol. The molecule has 0 aromatic heterocycles. The van der Waals surface area contributed by atoms with E-state index >= 15 is 0 Å². The van der Waals surface area contributed by atoms with E-state index in [1.54, 1.807) is 18.2 Å². The third-order valence-corrected chi connectivity index (χ3v) is 3.46. The van der Waals surface area contributed by atoms with Gasteiger partial charge in [-0.3, -0.25) is 0 Å². The quantitative estimate of drug-likeness (QED) is 0.721. The highest BCUT2D eigenvalue weighted by atomic mass is 127. The second-order valence-corrected chi connectivity index (χ2v) is 6.23. The lowest BCUT2D eigenvalue weighted by molar-refractivity contribution is 0.405. The molecule has 0 aliphatic carbocycles. The van der Waals surface area contributed by atoms with E-state index in [4.69, 9.17) is 4.74 Å². The molecule has 5 heteroatoms. The maximum Gasteiger partial charge on any atom is 0.198 e. The Balaban J connectivity index is 2.21. The number of rotatable bonds is 5. The molecule has 21 heavy (non-hydrogen) atoms. The number of hydrogen-bond acceptors (Lipinski definition) is 2. The van der Waals surface area contributed by atoms with Crippen molar-refractivity contribution in [1.82, 2.24) is 5.32 Å². The number of nitrogens with one attached hydrogen (secondary N) is 1. The topological polar surface area (TPSA) is 21.3 Å². The van der Waals surface area contributed by atoms with Gasteiger partial charge < -0.3 is 10.1 Å². The Morgan fingerprint density at radius 1 is 1.14 bits per heavy atom. The molecule has 0 heterocycles. The summed E-state index contributed by atoms with van der Waals surface area (Å²) in [5.74, 6) is -1.36. The van der Waals surface area contributed by atoms with Crippen LogP contribution in [0.2, 0.25) is 0 Å². The lowest BCUT2D eigenvalue weighted by Crippen LogP contribution is -2.22. The first-order valence-electron chi connectivity index (χ1n) is 6.60. The molecular formula is C16H16F2INO. The van der Waals surface area contributed by atoms with Crippen molar-refractivity contribution in [3.8, 4) is 11.5 Å². The van der Waals surface area contributed by atoms with Crippen LogP contribution < -0.4 is 10.1 Å². The van der Waals surface area contributed by atoms with Crippen molar-refractivity contribution < 1.29 is 13.5 Å². The molecule has 0 spiro atoms. The summed E-state index contributed by atoms with van der Waals surface area (Å²) < 4.78 is 34.3. The fourth-order valence-electron chi connectivity index (χ4n) is 1.78. The van der Waals surface area contributed by atoms with E-state index in [1.807, 2.05) is 19.9 Å². The minimum Gasteiger partial charge on any atom is -0.451 e. The van der Waals surface area contributed by atoms with Crippen molar-refractivity contribution in [2.24, 2.45) is 0 Å². The van der Waals surface area contributed by atoms with Crippen molar-refractivity contribution in [3.63, 3.8) is 0 Å². The summed E-state index contributed by atoms with van der Waals surface area (Å²) in [5.41, 5.74) is 0.550. The first-order valence-corrected chi connectivity index (χ1v) is 7.68. The van der Waals surface area contributed by atoms with E-state index < -0.39 is 11.6 Å². The van der Waals surface area contributed by atoms with Crippen LogP contribution in [0.15, 0.2) is 36.4 Å². The molecule has 0 unspecified atom stereocenters. The van der Waals surface area contributed by atoms with Crippen molar-refractivity contribution in [1.29, 1.82) is 0 Å². The average Bonchev–Trinajstić information content (AvgIpc) is 2.40. The standard InChI is InChI=1S/C16H16F2INO/c1-10(2)20-9-11-6-14(17)16(15(18)7-11)21-13-5-3-4-12(19)8-13/h3-8,10,20H,9H2,1-2H3. The fourth-order valence-corrected chi connectivity index (χ4v) is 2.30. The van der Waals surface area contributed by atoms with Gasteiger partial charge in [0.05, 0.1) is 0 Å². The molecule has 112 valence electrons. The molecule has 1 N–H and O–H groups in total. The molecule has 0 bridgehead atoms. The van der Waals surface area contributed by atoms with Crippen LogP contribution in [-0.2, 0) is 6.54 Å². The Kier molecular flexibility index (Phi) is 5.52. The van der Waals surface area contributed by atoms with Gasteiger partial charge in [0.15, 0.2) is 17.4 Å². The Morgan fingerprint density at radius 3 is 2.38 bits per heavy atom. The maximum absolute atomic E-state index is 14.0. The zero-order valence-electron chi connectivity index (χ0n) is 11.8. The predicted octanol–water partition coefficient (Wildman–Crippen LogP) is 4.86. The van der Waals surface area contributed by atoms with Gasteiger partial charge in [-0.2, -0.15) is 0 Å². The van der Waals surface area contributed by atoms with E-state index in [1.165, 1.54) is 12.1 Å². The molecule has 2 nitrogen and oxygen atoms in total. The summed E-state index contributed by atoms with van der Waals surface area (Å²) in [6.45, 7) is 4.36. The average molecular weight is 403 g/mol. The molecule has 0 radical (unpaired) electrons. The monoisotopic (exact) mass is 403 g/mol. The Hall–Kier alpha value is -1.21. The van der Waals surface area contributed by atoms with Gasteiger partial charge in [-0.25, -0.2) is 8.78 Å². The van der Waals surface area contributed by atoms with Crippen molar-refractivity contribution in [2.75, 3.05) is 0 Å². The van der Waals surface area contributed by atoms with E-state index in [9.17, 15) is 8.78 Å². The zero-order valence-corrected chi connectivity index (χ0v) is 13.9. The van der Waals surface area contributed by atoms with Gasteiger partial charge in [-0.05, 0) is 58.5 Å². The summed E-state index contributed by atoms with van der Waals surface area (Å²) in [6, 6.07) is 9.86. The molecule has 2 rings (SSSR count). The highest BCUT2D eigenvalue weighted by Crippen LogP contribution is 2.29. The summed E-state index contributed by atoms with van der Waals surface area (Å²) in [4.78, 5) is 0. The number of hydrogen-bond donors (Lipinski definition) is 1. The van der Waals surface area contributed by atoms with Crippen LogP contribution in [0.4, 0.5) is 8.78 Å². The molecular weight excluding hydrogens is 387 g/mol. The van der Waals surface area contributed by atoms with Crippen LogP contribution in [-0.4, -0.2) is 6.04 Å². The van der Waals surface area contributed by atoms with Gasteiger partial charge in [0.25, 0.3) is 0 Å². The maximum atomic E-state index is 14.0. The summed E-state index contributed by atoms with van der Waals surface area (Å²) >= 11 is 2.11. The first-order chi connectivity index (χ1) is 9.95. The van der Waals surface area contributed by atoms with Gasteiger partial charge >= 0.3 is 0 Å². The first kappa shape index (κ1) is 16.2. The molecule has 0 saturated heterocycles. The fraction of sp³-hybridized carbons (Fsp3) is 0.250. The van der Waals surface area contributed by atoms with Crippen molar-refractivity contribution >= 4 is 22.6 Å². The van der Waals surface area contributed by atoms with Crippen LogP contribution in [0, 0.1) is 15.2 Å². The molecule has 0 aliphatic rings. The summed E-state index contributed by atoms with van der Waals surface area (Å²) in [5, 5.41) is 3.12. The summed E-state index contributed by atoms with van der Waals surface area (Å²) in [7, 11) is 0. The lowest BCUT2D eigenvalue weighted by Gasteiger charge is -2.12. The van der Waals surface area contributed by atoms with Gasteiger partial charge in [-0.15, -0.1) is 0 Å². The van der Waals surface area contributed by atoms with Crippen LogP contribution in [0.3, 0.4) is 0 Å². The van der Waals surface area contributed by atoms with Gasteiger partial charge in [-0.1, -0.05) is 19.9 Å². The molecule has 0 amide bonds. The van der Waals surface area contributed by atoms with Gasteiger partial charge in [0, 0.05) is 16.2 Å². The molecule has 0 aliphatic heterocycles. The number of ether oxygens (including phenoxy) is 1. The van der Waals surface area contributed by atoms with Gasteiger partial charge in [0.2, 0.25) is 0 Å². The van der Waals surface area contributed by atoms with Crippen LogP contribution in [0.25, 0.3) is 0 Å². The Morgan fingerprint density at radius 2 is 1.81 bits per heavy atom. The normalized spacial score (nSPS) is 11.0. The van der Waals surface area contributed by atoms with E-state index in [0.29, 0.717) is 17.9 Å². The lowest BCUT2D eigenvalue weighted by atomic mass is 10.2. The molecule has 2 aromatic rings. The van der Waals surface area contributed by atoms with Crippen molar-refractivity contribution in [3.05, 3.63) is 57.2 Å². The van der Waals surface area contributed by atoms with Crippen LogP contribution >= 0.6 is 22.6 Å². The molecule has 0 atom stereocenters. The van der Waals surface area contributed by atoms with Gasteiger partial charge in [0.1, 0.15) is 5.75 Å². The summed E-state index contributed by atoms with van der Waals surface area (Å²) in [6.07, 6.45) is 0. The number of halogens is 3. The van der Waals surface area contributed by atoms with E-state index in [0.717, 1.165) is 3.57 Å². The highest BCUT2D eigenvalue weighted by Gasteiger charge is 2.14. The minimum absolute atomic E-state index is 0.249. The zero-order chi connectivity index (χ0) is 15.4. The van der Waals surface area contributed by atoms with Crippen molar-refractivity contribution in [2.45, 2.75) is 26.4 Å². The largest absolute Gasteiger partial charge is 0.451 e.